The van der Waals surface area contributed by atoms with E-state index < -0.39 is 17.6 Å². The number of rotatable bonds is 7. The van der Waals surface area contributed by atoms with Crippen LogP contribution in [0.3, 0.4) is 0 Å². The van der Waals surface area contributed by atoms with Gasteiger partial charge in [0.15, 0.2) is 0 Å². The molecule has 33 heavy (non-hydrogen) atoms. The average molecular weight is 493 g/mol. The van der Waals surface area contributed by atoms with Crippen molar-refractivity contribution in [3.63, 3.8) is 0 Å². The van der Waals surface area contributed by atoms with Gasteiger partial charge in [-0.05, 0) is 56.5 Å². The Balaban J connectivity index is 1.72. The molecule has 2 aromatic carbocycles. The van der Waals surface area contributed by atoms with E-state index in [1.807, 2.05) is 24.3 Å². The van der Waals surface area contributed by atoms with E-state index in [-0.39, 0.29) is 18.4 Å². The summed E-state index contributed by atoms with van der Waals surface area (Å²) in [4.78, 5) is 25.0. The minimum Gasteiger partial charge on any atom is -0.459 e. The fourth-order valence-corrected chi connectivity index (χ4v) is 3.48. The maximum Gasteiger partial charge on any atom is 0.320 e. The smallest absolute Gasteiger partial charge is 0.320 e. The lowest BCUT2D eigenvalue weighted by Crippen LogP contribution is -2.52. The minimum atomic E-state index is -0.719. The number of carbonyl (C=O) groups excluding carboxylic acids is 2. The van der Waals surface area contributed by atoms with Crippen LogP contribution in [0.15, 0.2) is 47.6 Å². The van der Waals surface area contributed by atoms with Crippen molar-refractivity contribution in [1.82, 2.24) is 27.1 Å². The molecule has 1 amide bonds. The molecule has 0 bridgehead atoms. The number of hydrogen-bond donors (Lipinski definition) is 5. The van der Waals surface area contributed by atoms with Gasteiger partial charge in [0.2, 0.25) is 11.9 Å². The number of esters is 1. The summed E-state index contributed by atoms with van der Waals surface area (Å²) in [5.74, 6) is -0.599. The highest BCUT2D eigenvalue weighted by molar-refractivity contribution is 6.35. The van der Waals surface area contributed by atoms with E-state index in [4.69, 9.17) is 27.9 Å². The molecule has 0 spiro atoms. The van der Waals surface area contributed by atoms with Crippen LogP contribution in [0, 0.1) is 0 Å². The van der Waals surface area contributed by atoms with E-state index in [0.29, 0.717) is 16.5 Å². The van der Waals surface area contributed by atoms with Gasteiger partial charge >= 0.3 is 5.97 Å². The Labute approximate surface area is 202 Å². The van der Waals surface area contributed by atoms with Crippen LogP contribution in [0.1, 0.15) is 26.3 Å². The summed E-state index contributed by atoms with van der Waals surface area (Å²) in [6.45, 7) is 5.23. The van der Waals surface area contributed by atoms with Gasteiger partial charge in [-0.1, -0.05) is 47.5 Å². The summed E-state index contributed by atoms with van der Waals surface area (Å²) >= 11 is 12.4. The maximum absolute atomic E-state index is 12.8. The highest BCUT2D eigenvalue weighted by Crippen LogP contribution is 2.30. The molecule has 0 fully saturated rings. The van der Waals surface area contributed by atoms with Gasteiger partial charge in [0, 0.05) is 15.6 Å². The lowest BCUT2D eigenvalue weighted by molar-refractivity contribution is -0.153. The summed E-state index contributed by atoms with van der Waals surface area (Å²) in [6.07, 6.45) is 0.326. The van der Waals surface area contributed by atoms with Crippen LogP contribution in [0.2, 0.25) is 10.0 Å². The Morgan fingerprint density at radius 3 is 2.48 bits per heavy atom. The van der Waals surface area contributed by atoms with Gasteiger partial charge in [-0.25, -0.2) is 5.53 Å². The van der Waals surface area contributed by atoms with Crippen LogP contribution >= 0.6 is 23.2 Å². The van der Waals surface area contributed by atoms with Crippen LogP contribution in [-0.2, 0) is 20.7 Å². The Bertz CT molecular complexity index is 1040. The summed E-state index contributed by atoms with van der Waals surface area (Å²) in [5.41, 5.74) is 9.64. The third-order valence-electron chi connectivity index (χ3n) is 4.51. The highest BCUT2D eigenvalue weighted by atomic mass is 35.5. The number of nitrogens with zero attached hydrogens (tertiary/aromatic N) is 1. The standard InChI is InChI=1S/C22H26Cl2N6O3/c1-22(2,3)33-19(31)12-25-18(20(32)26-21-27-29-30-28-21)10-13-4-6-14(7-5-13)16-11-15(23)8-9-17(16)24/h4-9,11,18,25,29-30H,10,12H2,1-3H3,(H2,26,27,28,32). The topological polar surface area (TPSA) is 116 Å². The molecule has 1 aliphatic rings. The van der Waals surface area contributed by atoms with E-state index in [2.05, 4.69) is 32.2 Å². The van der Waals surface area contributed by atoms with E-state index in [0.717, 1.165) is 16.7 Å². The summed E-state index contributed by atoms with van der Waals surface area (Å²) < 4.78 is 5.32. The summed E-state index contributed by atoms with van der Waals surface area (Å²) in [5, 5.41) is 10.7. The predicted molar refractivity (Wildman–Crippen MR) is 128 cm³/mol. The van der Waals surface area contributed by atoms with E-state index in [1.165, 1.54) is 0 Å². The van der Waals surface area contributed by atoms with Crippen LogP contribution in [0.5, 0.6) is 0 Å². The second-order valence-corrected chi connectivity index (χ2v) is 9.20. The molecular weight excluding hydrogens is 467 g/mol. The van der Waals surface area contributed by atoms with Crippen LogP contribution in [0.25, 0.3) is 11.1 Å². The van der Waals surface area contributed by atoms with Crippen molar-refractivity contribution in [1.29, 1.82) is 0 Å². The third-order valence-corrected chi connectivity index (χ3v) is 5.07. The molecule has 5 N–H and O–H groups in total. The molecule has 0 saturated heterocycles. The molecule has 0 aliphatic carbocycles. The van der Waals surface area contributed by atoms with Crippen molar-refractivity contribution in [3.05, 3.63) is 58.1 Å². The van der Waals surface area contributed by atoms with Crippen LogP contribution in [0.4, 0.5) is 0 Å². The Morgan fingerprint density at radius 2 is 1.85 bits per heavy atom. The van der Waals surface area contributed by atoms with Crippen LogP contribution < -0.4 is 27.1 Å². The first-order valence-corrected chi connectivity index (χ1v) is 11.0. The van der Waals surface area contributed by atoms with Gasteiger partial charge in [-0.15, -0.1) is 10.6 Å². The SMILES string of the molecule is CC(C)(C)OC(=O)CNC(Cc1ccc(-c2cc(Cl)ccc2Cl)cc1)C(=O)NC1=NNNN1. The van der Waals surface area contributed by atoms with E-state index >= 15 is 0 Å². The van der Waals surface area contributed by atoms with Gasteiger partial charge in [-0.3, -0.25) is 25.6 Å². The highest BCUT2D eigenvalue weighted by Gasteiger charge is 2.24. The molecule has 0 aromatic heterocycles. The number of amides is 1. The number of halogens is 2. The monoisotopic (exact) mass is 492 g/mol. The first-order valence-electron chi connectivity index (χ1n) is 10.2. The fraction of sp³-hybridized carbons (Fsp3) is 0.318. The van der Waals surface area contributed by atoms with E-state index in [9.17, 15) is 9.59 Å². The zero-order valence-corrected chi connectivity index (χ0v) is 20.0. The van der Waals surface area contributed by atoms with Crippen molar-refractivity contribution in [2.75, 3.05) is 6.54 Å². The molecule has 11 heteroatoms. The lowest BCUT2D eigenvalue weighted by atomic mass is 10.00. The molecule has 1 unspecified atom stereocenters. The summed E-state index contributed by atoms with van der Waals surface area (Å²) in [6, 6.07) is 12.2. The van der Waals surface area contributed by atoms with Gasteiger partial charge < -0.3 is 4.74 Å². The zero-order valence-electron chi connectivity index (χ0n) is 18.5. The van der Waals surface area contributed by atoms with Gasteiger partial charge in [0.1, 0.15) is 5.60 Å². The molecule has 9 nitrogen and oxygen atoms in total. The molecule has 176 valence electrons. The van der Waals surface area contributed by atoms with Gasteiger partial charge in [0.05, 0.1) is 12.6 Å². The molecular formula is C22H26Cl2N6O3. The van der Waals surface area contributed by atoms with E-state index in [1.54, 1.807) is 39.0 Å². The number of guanidine groups is 1. The molecule has 0 radical (unpaired) electrons. The molecule has 1 heterocycles. The van der Waals surface area contributed by atoms with Crippen molar-refractivity contribution in [3.8, 4) is 11.1 Å². The van der Waals surface area contributed by atoms with Crippen molar-refractivity contribution in [2.24, 2.45) is 5.10 Å². The molecule has 3 rings (SSSR count). The predicted octanol–water partition coefficient (Wildman–Crippen LogP) is 2.50. The number of hydrogen-bond acceptors (Lipinski definition) is 8. The molecule has 0 saturated carbocycles. The first-order chi connectivity index (χ1) is 15.6. The van der Waals surface area contributed by atoms with Crippen molar-refractivity contribution < 1.29 is 14.3 Å². The fourth-order valence-electron chi connectivity index (χ4n) is 3.08. The Morgan fingerprint density at radius 1 is 1.12 bits per heavy atom. The molecule has 1 atom stereocenters. The third kappa shape index (κ3) is 7.61. The maximum atomic E-state index is 12.8. The second-order valence-electron chi connectivity index (χ2n) is 8.36. The number of hydrazine groups is 2. The quantitative estimate of drug-likeness (QED) is 0.377. The van der Waals surface area contributed by atoms with Gasteiger partial charge in [0.25, 0.3) is 0 Å². The zero-order chi connectivity index (χ0) is 24.0. The largest absolute Gasteiger partial charge is 0.459 e. The first kappa shape index (κ1) is 24.8. The number of hydrazone groups is 1. The van der Waals surface area contributed by atoms with Gasteiger partial charge in [-0.2, -0.15) is 0 Å². The van der Waals surface area contributed by atoms with Crippen molar-refractivity contribution in [2.45, 2.75) is 38.8 Å². The Kier molecular flexibility index (Phi) is 8.15. The molecule has 2 aromatic rings. The number of nitrogens with one attached hydrogen (secondary N) is 5. The summed E-state index contributed by atoms with van der Waals surface area (Å²) in [7, 11) is 0. The number of carbonyl (C=O) groups is 2. The Hall–Kier alpha value is -2.85. The lowest BCUT2D eigenvalue weighted by Gasteiger charge is -2.22. The minimum absolute atomic E-state index is 0.123. The van der Waals surface area contributed by atoms with Crippen LogP contribution in [-0.4, -0.2) is 36.0 Å². The number of ether oxygens (including phenoxy) is 1. The average Bonchev–Trinajstić information content (AvgIpc) is 3.25. The molecule has 1 aliphatic heterocycles. The number of benzene rings is 2. The normalized spacial score (nSPS) is 14.0. The van der Waals surface area contributed by atoms with Crippen molar-refractivity contribution >= 4 is 41.0 Å². The second kappa shape index (κ2) is 10.8.